The van der Waals surface area contributed by atoms with Crippen LogP contribution in [0.3, 0.4) is 0 Å². The maximum absolute atomic E-state index is 13.4. The molecule has 2 N–H and O–H groups in total. The summed E-state index contributed by atoms with van der Waals surface area (Å²) < 4.78 is 90.2. The lowest BCUT2D eigenvalue weighted by Gasteiger charge is -2.23. The molecule has 0 saturated heterocycles. The van der Waals surface area contributed by atoms with Crippen LogP contribution in [0.15, 0.2) is 52.1 Å². The molecule has 0 aliphatic rings. The quantitative estimate of drug-likeness (QED) is 0.274. The Kier molecular flexibility index (Phi) is 10.0. The largest absolute Gasteiger partial charge is 0.481 e. The first-order valence-corrected chi connectivity index (χ1v) is 12.8. The second-order valence-corrected chi connectivity index (χ2v) is 9.89. The molecule has 3 aromatic rings. The number of nitrogens with one attached hydrogen (secondary N) is 1. The molecule has 0 aliphatic carbocycles. The van der Waals surface area contributed by atoms with Crippen molar-refractivity contribution in [2.24, 2.45) is 5.92 Å². The van der Waals surface area contributed by atoms with Crippen molar-refractivity contribution in [1.29, 1.82) is 0 Å². The molecule has 1 heterocycles. The van der Waals surface area contributed by atoms with Crippen LogP contribution in [0.1, 0.15) is 26.3 Å². The summed E-state index contributed by atoms with van der Waals surface area (Å²) in [5, 5.41) is 12.2. The smallest absolute Gasteiger partial charge is 0.425 e. The molecule has 10 nitrogen and oxygen atoms in total. The number of hydrogen-bond acceptors (Lipinski definition) is 7. The molecule has 0 saturated carbocycles. The van der Waals surface area contributed by atoms with Crippen LogP contribution >= 0.6 is 11.6 Å². The van der Waals surface area contributed by atoms with Gasteiger partial charge in [-0.1, -0.05) is 30.7 Å². The second-order valence-electron chi connectivity index (χ2n) is 9.45. The summed E-state index contributed by atoms with van der Waals surface area (Å²) in [5.74, 6) is -4.20. The fraction of sp³-hybridized carbons (Fsp3) is 0.385. The number of carboxylic acids is 1. The number of aromatic nitrogens is 3. The summed E-state index contributed by atoms with van der Waals surface area (Å²) in [6.45, 7) is 1.84. The maximum Gasteiger partial charge on any atom is 0.425 e. The van der Waals surface area contributed by atoms with Gasteiger partial charge in [-0.15, -0.1) is 0 Å². The molecule has 0 unspecified atom stereocenters. The van der Waals surface area contributed by atoms with Crippen molar-refractivity contribution in [3.8, 4) is 11.5 Å². The van der Waals surface area contributed by atoms with E-state index in [-0.39, 0.29) is 12.2 Å². The molecule has 0 amide bonds. The van der Waals surface area contributed by atoms with Crippen LogP contribution in [-0.2, 0) is 17.9 Å². The molecule has 234 valence electrons. The monoisotopic (exact) mass is 638 g/mol. The molecule has 43 heavy (non-hydrogen) atoms. The molecule has 0 bridgehead atoms. The topological polar surface area (TPSA) is 125 Å². The van der Waals surface area contributed by atoms with Crippen LogP contribution in [0.5, 0.6) is 11.5 Å². The number of ether oxygens (including phenoxy) is 2. The SMILES string of the molecule is C[C@@H](Cn1c(=O)nc(Nc2ccc(O[C@H](C)C(F)(F)F)c(O[C@H](C)C(F)(F)F)c2)n(Cc2ccc(Cl)cc2)c1=O)C(=O)O. The standard InChI is InChI=1S/C26H25ClF6N4O6/c1-13(21(38)39)11-37-23(40)35-22(36(24(37)41)12-16-4-6-17(27)7-5-16)34-18-8-9-19(42-14(2)25(28,29)30)20(10-18)43-15(3)26(31,32)33/h4-10,13-15H,11-12H2,1-3H3,(H,38,39)(H,34,35,40)/t13-,14+,15+/m0/s1. The summed E-state index contributed by atoms with van der Waals surface area (Å²) in [4.78, 5) is 41.3. The third kappa shape index (κ3) is 8.65. The molecular weight excluding hydrogens is 614 g/mol. The number of hydrogen-bond donors (Lipinski definition) is 2. The van der Waals surface area contributed by atoms with Crippen molar-refractivity contribution in [3.05, 3.63) is 74.0 Å². The predicted octanol–water partition coefficient (Wildman–Crippen LogP) is 5.23. The lowest BCUT2D eigenvalue weighted by atomic mass is 10.2. The fourth-order valence-electron chi connectivity index (χ4n) is 3.47. The number of nitrogens with zero attached hydrogens (tertiary/aromatic N) is 3. The van der Waals surface area contributed by atoms with Gasteiger partial charge in [0.1, 0.15) is 0 Å². The summed E-state index contributed by atoms with van der Waals surface area (Å²) in [6.07, 6.45) is -14.6. The molecule has 3 rings (SSSR count). The van der Waals surface area contributed by atoms with Gasteiger partial charge >= 0.3 is 29.7 Å². The number of alkyl halides is 6. The first-order valence-electron chi connectivity index (χ1n) is 12.4. The highest BCUT2D eigenvalue weighted by Gasteiger charge is 2.40. The molecule has 0 fully saturated rings. The number of benzene rings is 2. The van der Waals surface area contributed by atoms with E-state index in [1.165, 1.54) is 19.1 Å². The molecule has 1 aromatic heterocycles. The molecule has 0 aliphatic heterocycles. The summed E-state index contributed by atoms with van der Waals surface area (Å²) in [6, 6.07) is 9.09. The van der Waals surface area contributed by atoms with Gasteiger partial charge in [-0.25, -0.2) is 14.2 Å². The van der Waals surface area contributed by atoms with Crippen molar-refractivity contribution in [2.45, 2.75) is 58.4 Å². The normalized spacial score (nSPS) is 14.1. The Bertz CT molecular complexity index is 1570. The Morgan fingerprint density at radius 3 is 2.02 bits per heavy atom. The van der Waals surface area contributed by atoms with Gasteiger partial charge in [-0.05, 0) is 43.7 Å². The van der Waals surface area contributed by atoms with Crippen LogP contribution < -0.4 is 26.2 Å². The molecule has 3 atom stereocenters. The van der Waals surface area contributed by atoms with Crippen molar-refractivity contribution >= 4 is 29.2 Å². The number of rotatable bonds is 11. The van der Waals surface area contributed by atoms with Gasteiger partial charge in [-0.2, -0.15) is 31.3 Å². The second kappa shape index (κ2) is 13.0. The number of carboxylic acid groups (broad SMARTS) is 1. The molecule has 0 spiro atoms. The highest BCUT2D eigenvalue weighted by molar-refractivity contribution is 6.30. The number of carbonyl (C=O) groups is 1. The Hall–Kier alpha value is -4.21. The average Bonchev–Trinajstić information content (AvgIpc) is 2.89. The van der Waals surface area contributed by atoms with Gasteiger partial charge in [0.25, 0.3) is 0 Å². The van der Waals surface area contributed by atoms with Gasteiger partial charge in [0, 0.05) is 23.3 Å². The van der Waals surface area contributed by atoms with Gasteiger partial charge in [0.05, 0.1) is 12.5 Å². The minimum atomic E-state index is -4.88. The third-order valence-electron chi connectivity index (χ3n) is 6.01. The van der Waals surface area contributed by atoms with E-state index in [4.69, 9.17) is 21.1 Å². The fourth-order valence-corrected chi connectivity index (χ4v) is 3.59. The van der Waals surface area contributed by atoms with E-state index in [0.29, 0.717) is 29.0 Å². The van der Waals surface area contributed by atoms with Gasteiger partial charge in [-0.3, -0.25) is 9.36 Å². The van der Waals surface area contributed by atoms with Crippen molar-refractivity contribution in [2.75, 3.05) is 5.32 Å². The van der Waals surface area contributed by atoms with E-state index >= 15 is 0 Å². The van der Waals surface area contributed by atoms with Crippen LogP contribution in [0.4, 0.5) is 38.0 Å². The predicted molar refractivity (Wildman–Crippen MR) is 142 cm³/mol. The van der Waals surface area contributed by atoms with Crippen molar-refractivity contribution in [1.82, 2.24) is 14.1 Å². The van der Waals surface area contributed by atoms with E-state index < -0.39 is 71.8 Å². The van der Waals surface area contributed by atoms with E-state index in [1.54, 1.807) is 12.1 Å². The summed E-state index contributed by atoms with van der Waals surface area (Å²) >= 11 is 5.92. The van der Waals surface area contributed by atoms with Crippen LogP contribution in [0.25, 0.3) is 0 Å². The Labute approximate surface area is 244 Å². The number of aliphatic carboxylic acids is 1. The van der Waals surface area contributed by atoms with Crippen LogP contribution in [0, 0.1) is 5.92 Å². The highest BCUT2D eigenvalue weighted by atomic mass is 35.5. The first-order chi connectivity index (χ1) is 19.9. The van der Waals surface area contributed by atoms with Gasteiger partial charge < -0.3 is 19.9 Å². The minimum absolute atomic E-state index is 0.135. The van der Waals surface area contributed by atoms with Gasteiger partial charge in [0.15, 0.2) is 23.7 Å². The minimum Gasteiger partial charge on any atom is -0.481 e. The first kappa shape index (κ1) is 33.3. The van der Waals surface area contributed by atoms with E-state index in [2.05, 4.69) is 10.3 Å². The number of anilines is 2. The lowest BCUT2D eigenvalue weighted by molar-refractivity contribution is -0.194. The van der Waals surface area contributed by atoms with E-state index in [1.807, 2.05) is 0 Å². The Morgan fingerprint density at radius 1 is 0.930 bits per heavy atom. The Morgan fingerprint density at radius 2 is 1.49 bits per heavy atom. The van der Waals surface area contributed by atoms with Gasteiger partial charge in [0.2, 0.25) is 5.95 Å². The zero-order valence-electron chi connectivity index (χ0n) is 22.7. The maximum atomic E-state index is 13.4. The van der Waals surface area contributed by atoms with E-state index in [9.17, 15) is 45.8 Å². The lowest BCUT2D eigenvalue weighted by Crippen LogP contribution is -2.44. The molecule has 0 radical (unpaired) electrons. The summed E-state index contributed by atoms with van der Waals surface area (Å²) in [5.41, 5.74) is -1.73. The van der Waals surface area contributed by atoms with E-state index in [0.717, 1.165) is 22.8 Å². The third-order valence-corrected chi connectivity index (χ3v) is 6.26. The summed E-state index contributed by atoms with van der Waals surface area (Å²) in [7, 11) is 0. The highest BCUT2D eigenvalue weighted by Crippen LogP contribution is 2.37. The molecule has 17 heteroatoms. The van der Waals surface area contributed by atoms with Crippen molar-refractivity contribution < 1.29 is 45.7 Å². The Balaban J connectivity index is 2.11. The zero-order valence-corrected chi connectivity index (χ0v) is 23.4. The number of halogens is 7. The van der Waals surface area contributed by atoms with Crippen LogP contribution in [0.2, 0.25) is 5.02 Å². The molecule has 2 aromatic carbocycles. The average molecular weight is 639 g/mol. The van der Waals surface area contributed by atoms with Crippen LogP contribution in [-0.4, -0.2) is 49.8 Å². The zero-order chi connectivity index (χ0) is 32.3. The van der Waals surface area contributed by atoms with Crippen molar-refractivity contribution in [3.63, 3.8) is 0 Å². The molecular formula is C26H25ClF6N4O6.